The Hall–Kier alpha value is -2.86. The molecule has 2 N–H and O–H groups in total. The second-order valence-electron chi connectivity index (χ2n) is 8.77. The Morgan fingerprint density at radius 1 is 1.00 bits per heavy atom. The molecule has 1 aliphatic rings. The lowest BCUT2D eigenvalue weighted by molar-refractivity contribution is -0.127. The van der Waals surface area contributed by atoms with Gasteiger partial charge in [-0.05, 0) is 37.8 Å². The van der Waals surface area contributed by atoms with Gasteiger partial charge in [0.1, 0.15) is 6.54 Å². The highest BCUT2D eigenvalue weighted by atomic mass is 16.2. The number of nitrogens with one attached hydrogen (secondary N) is 2. The van der Waals surface area contributed by atoms with Gasteiger partial charge < -0.3 is 15.5 Å². The van der Waals surface area contributed by atoms with Gasteiger partial charge in [-0.15, -0.1) is 0 Å². The van der Waals surface area contributed by atoms with Crippen LogP contribution >= 0.6 is 0 Å². The summed E-state index contributed by atoms with van der Waals surface area (Å²) in [5, 5.41) is 7.08. The van der Waals surface area contributed by atoms with Crippen molar-refractivity contribution in [2.75, 3.05) is 33.7 Å². The summed E-state index contributed by atoms with van der Waals surface area (Å²) in [6.07, 6.45) is 2.08. The van der Waals surface area contributed by atoms with Crippen LogP contribution in [0, 0.1) is 0 Å². The van der Waals surface area contributed by atoms with Crippen molar-refractivity contribution in [1.29, 1.82) is 0 Å². The van der Waals surface area contributed by atoms with Crippen molar-refractivity contribution in [3.63, 3.8) is 0 Å². The number of likely N-dealkylation sites (N-methyl/N-ethyl adjacent to an activating group) is 1. The number of guanidine groups is 1. The number of rotatable bonds is 7. The van der Waals surface area contributed by atoms with Crippen molar-refractivity contribution in [3.05, 3.63) is 71.8 Å². The summed E-state index contributed by atoms with van der Waals surface area (Å²) in [5.74, 6) is 0.691. The van der Waals surface area contributed by atoms with Gasteiger partial charge in [-0.2, -0.15) is 0 Å². The number of hydrogen-bond donors (Lipinski definition) is 2. The molecule has 1 aliphatic heterocycles. The third-order valence-electron chi connectivity index (χ3n) is 6.22. The van der Waals surface area contributed by atoms with Crippen molar-refractivity contribution in [2.24, 2.45) is 4.99 Å². The summed E-state index contributed by atoms with van der Waals surface area (Å²) < 4.78 is 0. The molecule has 6 heteroatoms. The molecule has 0 aliphatic carbocycles. The number of benzene rings is 2. The average Bonchev–Trinajstić information content (AvgIpc) is 2.83. The quantitative estimate of drug-likeness (QED) is 0.515. The first-order chi connectivity index (χ1) is 15.4. The molecule has 2 aromatic rings. The van der Waals surface area contributed by atoms with Crippen LogP contribution in [0.4, 0.5) is 0 Å². The van der Waals surface area contributed by atoms with Crippen molar-refractivity contribution in [1.82, 2.24) is 20.4 Å². The molecule has 2 atom stereocenters. The van der Waals surface area contributed by atoms with Crippen molar-refractivity contribution in [2.45, 2.75) is 44.8 Å². The Labute approximate surface area is 192 Å². The first kappa shape index (κ1) is 23.8. The minimum Gasteiger partial charge on any atom is -0.354 e. The summed E-state index contributed by atoms with van der Waals surface area (Å²) in [4.78, 5) is 20.8. The number of carbonyl (C=O) groups excluding carboxylic acids is 1. The molecule has 0 aromatic heterocycles. The predicted molar refractivity (Wildman–Crippen MR) is 132 cm³/mol. The number of likely N-dealkylation sites (tertiary alicyclic amines) is 1. The van der Waals surface area contributed by atoms with E-state index in [-0.39, 0.29) is 18.5 Å². The highest BCUT2D eigenvalue weighted by molar-refractivity contribution is 5.85. The van der Waals surface area contributed by atoms with E-state index in [2.05, 4.69) is 76.8 Å². The molecule has 1 fully saturated rings. The average molecular weight is 436 g/mol. The van der Waals surface area contributed by atoms with E-state index in [1.807, 2.05) is 18.2 Å². The standard InChI is InChI=1S/C26H37N5O/c1-20(22-11-7-5-8-12-22)28-26(27-19-25(32)30(3)4)29-24-15-17-31(18-16-24)21(2)23-13-9-6-10-14-23/h5-14,20-21,24H,15-19H2,1-4H3,(H2,27,28,29). The summed E-state index contributed by atoms with van der Waals surface area (Å²) in [5.41, 5.74) is 2.55. The molecule has 0 saturated carbocycles. The van der Waals surface area contributed by atoms with Crippen molar-refractivity contribution >= 4 is 11.9 Å². The van der Waals surface area contributed by atoms with Gasteiger partial charge in [0.2, 0.25) is 5.91 Å². The van der Waals surface area contributed by atoms with Gasteiger partial charge in [0.05, 0.1) is 6.04 Å². The summed E-state index contributed by atoms with van der Waals surface area (Å²) >= 11 is 0. The SMILES string of the molecule is CC(NC(=NCC(=O)N(C)C)NC1CCN(C(C)c2ccccc2)CC1)c1ccccc1. The molecular formula is C26H37N5O. The smallest absolute Gasteiger partial charge is 0.243 e. The molecule has 0 spiro atoms. The summed E-state index contributed by atoms with van der Waals surface area (Å²) in [6.45, 7) is 6.60. The minimum atomic E-state index is -0.00929. The topological polar surface area (TPSA) is 60.0 Å². The zero-order valence-electron chi connectivity index (χ0n) is 19.8. The van der Waals surface area contributed by atoms with E-state index in [1.54, 1.807) is 19.0 Å². The van der Waals surface area contributed by atoms with Gasteiger partial charge in [-0.25, -0.2) is 4.99 Å². The highest BCUT2D eigenvalue weighted by Crippen LogP contribution is 2.24. The van der Waals surface area contributed by atoms with Gasteiger partial charge in [-0.3, -0.25) is 9.69 Å². The molecular weight excluding hydrogens is 398 g/mol. The monoisotopic (exact) mass is 435 g/mol. The number of aliphatic imine (C=N–C) groups is 1. The third-order valence-corrected chi connectivity index (χ3v) is 6.22. The molecule has 6 nitrogen and oxygen atoms in total. The number of piperidine rings is 1. The van der Waals surface area contributed by atoms with Crippen LogP contribution in [0.25, 0.3) is 0 Å². The van der Waals surface area contributed by atoms with E-state index >= 15 is 0 Å². The van der Waals surface area contributed by atoms with Crippen LogP contribution in [-0.4, -0.2) is 61.4 Å². The van der Waals surface area contributed by atoms with Crippen LogP contribution in [0.5, 0.6) is 0 Å². The molecule has 0 radical (unpaired) electrons. The Balaban J connectivity index is 1.60. The lowest BCUT2D eigenvalue weighted by Crippen LogP contribution is -2.49. The molecule has 1 heterocycles. The highest BCUT2D eigenvalue weighted by Gasteiger charge is 2.24. The fraction of sp³-hybridized carbons (Fsp3) is 0.462. The van der Waals surface area contributed by atoms with E-state index in [1.165, 1.54) is 11.1 Å². The largest absolute Gasteiger partial charge is 0.354 e. The second-order valence-corrected chi connectivity index (χ2v) is 8.77. The zero-order valence-corrected chi connectivity index (χ0v) is 19.8. The van der Waals surface area contributed by atoms with E-state index in [0.717, 1.165) is 25.9 Å². The number of carbonyl (C=O) groups is 1. The number of hydrogen-bond acceptors (Lipinski definition) is 3. The second kappa shape index (κ2) is 11.7. The Bertz CT molecular complexity index is 860. The van der Waals surface area contributed by atoms with E-state index in [4.69, 9.17) is 0 Å². The molecule has 1 saturated heterocycles. The molecule has 0 bridgehead atoms. The summed E-state index contributed by atoms with van der Waals surface area (Å²) in [6, 6.07) is 21.8. The van der Waals surface area contributed by atoms with Crippen LogP contribution in [0.2, 0.25) is 0 Å². The molecule has 2 unspecified atom stereocenters. The third kappa shape index (κ3) is 6.82. The maximum atomic E-state index is 12.1. The van der Waals surface area contributed by atoms with Gasteiger partial charge in [0.15, 0.2) is 5.96 Å². The molecule has 1 amide bonds. The maximum Gasteiger partial charge on any atom is 0.243 e. The first-order valence-corrected chi connectivity index (χ1v) is 11.6. The van der Waals surface area contributed by atoms with Crippen molar-refractivity contribution in [3.8, 4) is 0 Å². The Morgan fingerprint density at radius 2 is 1.56 bits per heavy atom. The molecule has 172 valence electrons. The molecule has 32 heavy (non-hydrogen) atoms. The fourth-order valence-electron chi connectivity index (χ4n) is 4.02. The van der Waals surface area contributed by atoms with Crippen LogP contribution in [0.15, 0.2) is 65.7 Å². The Kier molecular flexibility index (Phi) is 8.68. The molecule has 3 rings (SSSR count). The number of amides is 1. The van der Waals surface area contributed by atoms with Crippen LogP contribution < -0.4 is 10.6 Å². The van der Waals surface area contributed by atoms with Gasteiger partial charge in [-0.1, -0.05) is 60.7 Å². The zero-order chi connectivity index (χ0) is 22.9. The lowest BCUT2D eigenvalue weighted by Gasteiger charge is -2.37. The fourth-order valence-corrected chi connectivity index (χ4v) is 4.02. The number of nitrogens with zero attached hydrogens (tertiary/aromatic N) is 3. The van der Waals surface area contributed by atoms with E-state index in [9.17, 15) is 4.79 Å². The predicted octanol–water partition coefficient (Wildman–Crippen LogP) is 3.60. The lowest BCUT2D eigenvalue weighted by atomic mass is 10.0. The van der Waals surface area contributed by atoms with Crippen LogP contribution in [-0.2, 0) is 4.79 Å². The van der Waals surface area contributed by atoms with Crippen LogP contribution in [0.3, 0.4) is 0 Å². The van der Waals surface area contributed by atoms with Crippen LogP contribution in [0.1, 0.15) is 49.9 Å². The normalized spacial score (nSPS) is 17.4. The van der Waals surface area contributed by atoms with E-state index in [0.29, 0.717) is 18.0 Å². The first-order valence-electron chi connectivity index (χ1n) is 11.6. The van der Waals surface area contributed by atoms with Crippen molar-refractivity contribution < 1.29 is 4.79 Å². The molecule has 2 aromatic carbocycles. The minimum absolute atomic E-state index is 0.00929. The van der Waals surface area contributed by atoms with Gasteiger partial charge in [0.25, 0.3) is 0 Å². The van der Waals surface area contributed by atoms with Gasteiger partial charge >= 0.3 is 0 Å². The van der Waals surface area contributed by atoms with Gasteiger partial charge in [0, 0.05) is 39.3 Å². The Morgan fingerprint density at radius 3 is 2.12 bits per heavy atom. The summed E-state index contributed by atoms with van der Waals surface area (Å²) in [7, 11) is 3.52. The van der Waals surface area contributed by atoms with E-state index < -0.39 is 0 Å². The maximum absolute atomic E-state index is 12.1.